The first kappa shape index (κ1) is 11.2. The molecule has 0 atom stereocenters. The van der Waals surface area contributed by atoms with Gasteiger partial charge in [0.05, 0.1) is 16.3 Å². The Morgan fingerprint density at radius 3 is 2.83 bits per heavy atom. The second kappa shape index (κ2) is 4.10. The molecule has 0 saturated heterocycles. The summed E-state index contributed by atoms with van der Waals surface area (Å²) >= 11 is 5.91. The average molecular weight is 264 g/mol. The lowest BCUT2D eigenvalue weighted by molar-refractivity contribution is 0.0697. The highest BCUT2D eigenvalue weighted by Gasteiger charge is 2.27. The molecule has 1 N–H and O–H groups in total. The second-order valence-electron chi connectivity index (χ2n) is 4.29. The van der Waals surface area contributed by atoms with Crippen molar-refractivity contribution in [2.75, 3.05) is 0 Å². The van der Waals surface area contributed by atoms with E-state index in [4.69, 9.17) is 16.7 Å². The molecule has 2 aromatic rings. The monoisotopic (exact) mass is 263 g/mol. The van der Waals surface area contributed by atoms with Crippen LogP contribution in [-0.4, -0.2) is 25.8 Å². The van der Waals surface area contributed by atoms with Crippen molar-refractivity contribution in [2.24, 2.45) is 0 Å². The van der Waals surface area contributed by atoms with Gasteiger partial charge in [-0.3, -0.25) is 0 Å². The van der Waals surface area contributed by atoms with Gasteiger partial charge in [-0.15, -0.1) is 0 Å². The van der Waals surface area contributed by atoms with E-state index in [0.29, 0.717) is 11.6 Å². The number of hydrogen-bond donors (Lipinski definition) is 1. The molecule has 0 radical (unpaired) electrons. The molecule has 1 heterocycles. The predicted octanol–water partition coefficient (Wildman–Crippen LogP) is 2.50. The van der Waals surface area contributed by atoms with Gasteiger partial charge in [0.2, 0.25) is 0 Å². The molecular weight excluding hydrogens is 254 g/mol. The molecule has 0 spiro atoms. The molecule has 3 rings (SSSR count). The third-order valence-corrected chi connectivity index (χ3v) is 3.21. The third-order valence-electron chi connectivity index (χ3n) is 2.90. The quantitative estimate of drug-likeness (QED) is 0.924. The molecule has 1 aliphatic rings. The van der Waals surface area contributed by atoms with Gasteiger partial charge in [0.25, 0.3) is 0 Å². The van der Waals surface area contributed by atoms with Gasteiger partial charge >= 0.3 is 5.97 Å². The van der Waals surface area contributed by atoms with E-state index in [1.54, 1.807) is 23.1 Å². The average Bonchev–Trinajstić information content (AvgIpc) is 3.06. The Kier molecular flexibility index (Phi) is 2.56. The summed E-state index contributed by atoms with van der Waals surface area (Å²) in [5.74, 6) is 0.289. The van der Waals surface area contributed by atoms with Crippen LogP contribution in [-0.2, 0) is 0 Å². The van der Waals surface area contributed by atoms with Crippen molar-refractivity contribution in [3.63, 3.8) is 0 Å². The Balaban J connectivity index is 1.95. The maximum absolute atomic E-state index is 10.9. The molecule has 92 valence electrons. The molecule has 1 aliphatic carbocycles. The number of carboxylic acids is 1. The van der Waals surface area contributed by atoms with Gasteiger partial charge in [0.15, 0.2) is 5.82 Å². The number of carbonyl (C=O) groups is 1. The van der Waals surface area contributed by atoms with Crippen molar-refractivity contribution in [3.8, 4) is 5.69 Å². The van der Waals surface area contributed by atoms with Crippen LogP contribution in [0.4, 0.5) is 0 Å². The van der Waals surface area contributed by atoms with Crippen LogP contribution in [0.3, 0.4) is 0 Å². The summed E-state index contributed by atoms with van der Waals surface area (Å²) in [5, 5.41) is 13.4. The first-order valence-corrected chi connectivity index (χ1v) is 5.98. The van der Waals surface area contributed by atoms with Gasteiger partial charge < -0.3 is 5.11 Å². The summed E-state index contributed by atoms with van der Waals surface area (Å²) in [6, 6.07) is 4.72. The maximum Gasteiger partial charge on any atom is 0.337 e. The molecule has 0 amide bonds. The van der Waals surface area contributed by atoms with E-state index < -0.39 is 5.97 Å². The normalized spacial score (nSPS) is 14.7. The van der Waals surface area contributed by atoms with Crippen LogP contribution in [0.15, 0.2) is 24.5 Å². The topological polar surface area (TPSA) is 68.0 Å². The highest BCUT2D eigenvalue weighted by Crippen LogP contribution is 2.37. The SMILES string of the molecule is O=C(O)c1ccc(-n2cnc(C3CC3)n2)cc1Cl. The van der Waals surface area contributed by atoms with Crippen LogP contribution in [0, 0.1) is 0 Å². The van der Waals surface area contributed by atoms with Crippen molar-refractivity contribution in [2.45, 2.75) is 18.8 Å². The van der Waals surface area contributed by atoms with Gasteiger partial charge in [-0.2, -0.15) is 5.10 Å². The fraction of sp³-hybridized carbons (Fsp3) is 0.250. The summed E-state index contributed by atoms with van der Waals surface area (Å²) < 4.78 is 1.62. The van der Waals surface area contributed by atoms with Crippen molar-refractivity contribution in [1.29, 1.82) is 0 Å². The van der Waals surface area contributed by atoms with E-state index >= 15 is 0 Å². The number of benzene rings is 1. The standard InChI is InChI=1S/C12H10ClN3O2/c13-10-5-8(3-4-9(10)12(17)18)16-6-14-11(15-16)7-1-2-7/h3-7H,1-2H2,(H,17,18). The lowest BCUT2D eigenvalue weighted by Crippen LogP contribution is -2.00. The summed E-state index contributed by atoms with van der Waals surface area (Å²) in [6.07, 6.45) is 3.91. The third kappa shape index (κ3) is 1.97. The molecule has 1 fully saturated rings. The van der Waals surface area contributed by atoms with Gasteiger partial charge in [-0.25, -0.2) is 14.5 Å². The summed E-state index contributed by atoms with van der Waals surface area (Å²) in [6.45, 7) is 0. The lowest BCUT2D eigenvalue weighted by Gasteiger charge is -2.03. The maximum atomic E-state index is 10.9. The minimum absolute atomic E-state index is 0.0861. The molecule has 18 heavy (non-hydrogen) atoms. The summed E-state index contributed by atoms with van der Waals surface area (Å²) in [5.41, 5.74) is 0.798. The number of aromatic carboxylic acids is 1. The minimum atomic E-state index is -1.04. The van der Waals surface area contributed by atoms with E-state index in [1.807, 2.05) is 0 Å². The zero-order valence-corrected chi connectivity index (χ0v) is 10.1. The Labute approximate surface area is 108 Å². The van der Waals surface area contributed by atoms with Crippen LogP contribution in [0.5, 0.6) is 0 Å². The lowest BCUT2D eigenvalue weighted by atomic mass is 10.2. The van der Waals surface area contributed by atoms with E-state index in [-0.39, 0.29) is 10.6 Å². The van der Waals surface area contributed by atoms with Crippen molar-refractivity contribution in [1.82, 2.24) is 14.8 Å². The highest BCUT2D eigenvalue weighted by atomic mass is 35.5. The molecule has 1 aromatic heterocycles. The van der Waals surface area contributed by atoms with E-state index in [2.05, 4.69) is 10.1 Å². The fourth-order valence-electron chi connectivity index (χ4n) is 1.75. The number of nitrogens with zero attached hydrogens (tertiary/aromatic N) is 3. The zero-order chi connectivity index (χ0) is 12.7. The van der Waals surface area contributed by atoms with Crippen molar-refractivity contribution < 1.29 is 9.90 Å². The molecule has 6 heteroatoms. The molecule has 5 nitrogen and oxygen atoms in total. The van der Waals surface area contributed by atoms with Gasteiger partial charge in [0, 0.05) is 5.92 Å². The molecule has 0 bridgehead atoms. The molecule has 1 saturated carbocycles. The number of aromatic nitrogens is 3. The summed E-state index contributed by atoms with van der Waals surface area (Å²) in [7, 11) is 0. The van der Waals surface area contributed by atoms with Gasteiger partial charge in [0.1, 0.15) is 6.33 Å². The zero-order valence-electron chi connectivity index (χ0n) is 9.38. The van der Waals surface area contributed by atoms with E-state index in [1.165, 1.54) is 6.07 Å². The predicted molar refractivity (Wildman–Crippen MR) is 65.3 cm³/mol. The number of hydrogen-bond acceptors (Lipinski definition) is 3. The van der Waals surface area contributed by atoms with Crippen LogP contribution < -0.4 is 0 Å². The van der Waals surface area contributed by atoms with E-state index in [9.17, 15) is 4.79 Å². The largest absolute Gasteiger partial charge is 0.478 e. The Hall–Kier alpha value is -1.88. The van der Waals surface area contributed by atoms with Crippen LogP contribution in [0.2, 0.25) is 5.02 Å². The Morgan fingerprint density at radius 2 is 2.22 bits per heavy atom. The fourth-order valence-corrected chi connectivity index (χ4v) is 2.00. The number of rotatable bonds is 3. The molecule has 0 aliphatic heterocycles. The number of halogens is 1. The Bertz CT molecular complexity index is 620. The van der Waals surface area contributed by atoms with Crippen molar-refractivity contribution >= 4 is 17.6 Å². The Morgan fingerprint density at radius 1 is 1.44 bits per heavy atom. The number of carboxylic acid groups (broad SMARTS) is 1. The van der Waals surface area contributed by atoms with Crippen LogP contribution in [0.1, 0.15) is 34.9 Å². The minimum Gasteiger partial charge on any atom is -0.478 e. The van der Waals surface area contributed by atoms with Crippen LogP contribution >= 0.6 is 11.6 Å². The first-order valence-electron chi connectivity index (χ1n) is 5.60. The second-order valence-corrected chi connectivity index (χ2v) is 4.70. The van der Waals surface area contributed by atoms with Gasteiger partial charge in [-0.05, 0) is 31.0 Å². The van der Waals surface area contributed by atoms with E-state index in [0.717, 1.165) is 18.7 Å². The molecular formula is C12H10ClN3O2. The smallest absolute Gasteiger partial charge is 0.337 e. The highest BCUT2D eigenvalue weighted by molar-refractivity contribution is 6.33. The molecule has 1 aromatic carbocycles. The van der Waals surface area contributed by atoms with Crippen LogP contribution in [0.25, 0.3) is 5.69 Å². The van der Waals surface area contributed by atoms with Crippen molar-refractivity contribution in [3.05, 3.63) is 40.9 Å². The van der Waals surface area contributed by atoms with Gasteiger partial charge in [-0.1, -0.05) is 11.6 Å². The first-order chi connectivity index (χ1) is 8.65. The molecule has 0 unspecified atom stereocenters. The summed E-state index contributed by atoms with van der Waals surface area (Å²) in [4.78, 5) is 15.1.